The molecule has 0 aliphatic carbocycles. The van der Waals surface area contributed by atoms with E-state index >= 15 is 0 Å². The number of benzene rings is 15. The van der Waals surface area contributed by atoms with Crippen molar-refractivity contribution in [1.82, 2.24) is 28.2 Å². The van der Waals surface area contributed by atoms with E-state index in [0.717, 1.165) is 132 Å². The summed E-state index contributed by atoms with van der Waals surface area (Å²) in [5, 5.41) is 25.4. The number of thiophene rings is 3. The molecule has 0 radical (unpaired) electrons. The van der Waals surface area contributed by atoms with Crippen LogP contribution in [0.3, 0.4) is 0 Å². The first kappa shape index (κ1) is 56.4. The highest BCUT2D eigenvalue weighted by molar-refractivity contribution is 7.26. The maximum atomic E-state index is 6.30. The van der Waals surface area contributed by atoms with Crippen molar-refractivity contribution in [2.75, 3.05) is 0 Å². The van der Waals surface area contributed by atoms with E-state index in [2.05, 4.69) is 280 Å². The minimum absolute atomic E-state index is 0.898. The van der Waals surface area contributed by atoms with Crippen molar-refractivity contribution in [2.45, 2.75) is 0 Å². The van der Waals surface area contributed by atoms with Gasteiger partial charge in [-0.1, -0.05) is 146 Å². The van der Waals surface area contributed by atoms with Gasteiger partial charge in [0.25, 0.3) is 0 Å². The average Bonchev–Trinajstić information content (AvgIpc) is 1.59. The molecule has 12 heteroatoms. The quantitative estimate of drug-likeness (QED) is 0.141. The second-order valence-corrected chi connectivity index (χ2v) is 30.8. The van der Waals surface area contributed by atoms with Crippen molar-refractivity contribution in [1.29, 1.82) is 0 Å². The summed E-state index contributed by atoms with van der Waals surface area (Å²) in [4.78, 5) is 15.4. The van der Waals surface area contributed by atoms with Gasteiger partial charge in [-0.2, -0.15) is 0 Å². The number of fused-ring (bicyclic) bond motifs is 44. The van der Waals surface area contributed by atoms with E-state index in [0.29, 0.717) is 0 Å². The molecule has 0 saturated carbocycles. The molecule has 0 unspecified atom stereocenters. The van der Waals surface area contributed by atoms with Crippen LogP contribution in [0.15, 0.2) is 304 Å². The van der Waals surface area contributed by atoms with Crippen molar-refractivity contribution < 1.29 is 13.3 Å². The largest absolute Gasteiger partial charge is 0.456 e. The molecule has 486 valence electrons. The van der Waals surface area contributed by atoms with Gasteiger partial charge in [-0.05, 0) is 151 Å². The Balaban J connectivity index is 0.0000000914. The Bertz CT molecular complexity index is 8570. The minimum atomic E-state index is 0.898. The van der Waals surface area contributed by atoms with E-state index in [4.69, 9.17) is 28.2 Å². The van der Waals surface area contributed by atoms with Crippen molar-refractivity contribution >= 4 is 275 Å². The number of hydrogen-bond donors (Lipinski definition) is 0. The predicted octanol–water partition coefficient (Wildman–Crippen LogP) is 27.2. The van der Waals surface area contributed by atoms with Gasteiger partial charge in [0.05, 0.1) is 49.7 Å². The van der Waals surface area contributed by atoms with Crippen LogP contribution in [0.4, 0.5) is 0 Å². The molecule has 0 fully saturated rings. The maximum Gasteiger partial charge on any atom is 0.146 e. The molecule has 12 heterocycles. The van der Waals surface area contributed by atoms with Gasteiger partial charge in [-0.3, -0.25) is 13.2 Å². The standard InChI is InChI=1S/3C31H16N2OS/c1-5-11-25-18(8-1)30-26(34-25)14-13-19-29(30)21-16-28-20(17-7-2-6-12-27(17)35-28)15-24(21)33-23-10-4-3-9-22(23)32-31(19)33;1-5-11-25-18(8-1)30-26(34-25)14-13-19-29(30)21-15-20-17-7-2-6-12-27(17)35-28(20)16-24(21)33-23-10-4-3-9-22(23)32-31(19)33;1-5-11-27-17(7-1)21-13-19-20-16-30-22(18-8-2-6-12-29(18)35-30)14-26(20)33-25-10-4-3-9-24(25)32-31(33)23(19)15-28(21)34-27/h3*1-16H. The monoisotopic (exact) mass is 1390 g/mol. The minimum Gasteiger partial charge on any atom is -0.456 e. The molecular weight excluding hydrogens is 1350 g/mol. The lowest BCUT2D eigenvalue weighted by molar-refractivity contribution is 0.669. The van der Waals surface area contributed by atoms with Crippen LogP contribution >= 0.6 is 34.0 Å². The number of hydrogen-bond acceptors (Lipinski definition) is 9. The number of rotatable bonds is 0. The summed E-state index contributed by atoms with van der Waals surface area (Å²) >= 11 is 5.57. The van der Waals surface area contributed by atoms with E-state index in [-0.39, 0.29) is 0 Å². The second kappa shape index (κ2) is 20.7. The molecule has 12 aromatic heterocycles. The first-order valence-corrected chi connectivity index (χ1v) is 37.6. The van der Waals surface area contributed by atoms with Crippen LogP contribution in [0, 0.1) is 0 Å². The predicted molar refractivity (Wildman–Crippen MR) is 444 cm³/mol. The number of para-hydroxylation sites is 9. The molecule has 0 saturated heterocycles. The summed E-state index contributed by atoms with van der Waals surface area (Å²) in [5.74, 6) is 0. The van der Waals surface area contributed by atoms with Gasteiger partial charge >= 0.3 is 0 Å². The average molecular weight is 1390 g/mol. The molecule has 15 aromatic carbocycles. The van der Waals surface area contributed by atoms with Gasteiger partial charge in [0.2, 0.25) is 0 Å². The van der Waals surface area contributed by atoms with Crippen LogP contribution in [0.2, 0.25) is 0 Å². The third-order valence-corrected chi connectivity index (χ3v) is 25.4. The SMILES string of the molecule is c1ccc2c(c1)nc1c3cc4oc5ccccc5c4cc3c3cc4sc5ccccc5c4cc3n21.c1ccc2c(c1)nc1c3ccc4oc5ccccc5c4c3c3cc4c(cc3n21)sc1ccccc14.c1ccc2c(c1)nc1c3ccc4oc5ccccc5c4c3c3cc4sc5ccccc5c4cc3n21. The smallest absolute Gasteiger partial charge is 0.146 e. The normalized spacial score (nSPS) is 12.6. The number of aromatic nitrogens is 6. The van der Waals surface area contributed by atoms with Crippen molar-refractivity contribution in [2.24, 2.45) is 0 Å². The summed E-state index contributed by atoms with van der Waals surface area (Å²) in [6.45, 7) is 0. The van der Waals surface area contributed by atoms with Gasteiger partial charge in [-0.25, -0.2) is 15.0 Å². The van der Waals surface area contributed by atoms with Crippen LogP contribution < -0.4 is 0 Å². The highest BCUT2D eigenvalue weighted by Gasteiger charge is 2.25. The lowest BCUT2D eigenvalue weighted by atomic mass is 9.98. The zero-order valence-electron chi connectivity index (χ0n) is 55.3. The second-order valence-electron chi connectivity index (χ2n) is 27.6. The molecule has 0 aliphatic heterocycles. The Labute approximate surface area is 603 Å². The molecular formula is C93H48N6O3S3. The first-order valence-electron chi connectivity index (χ1n) is 35.2. The van der Waals surface area contributed by atoms with Gasteiger partial charge in [0.15, 0.2) is 0 Å². The Morgan fingerprint density at radius 2 is 0.552 bits per heavy atom. The molecule has 0 spiro atoms. The first-order chi connectivity index (χ1) is 52.0. The van der Waals surface area contributed by atoms with Gasteiger partial charge in [0, 0.05) is 136 Å². The molecule has 0 atom stereocenters. The van der Waals surface area contributed by atoms with E-state index < -0.39 is 0 Å². The van der Waals surface area contributed by atoms with Crippen molar-refractivity contribution in [3.8, 4) is 0 Å². The molecule has 0 aliphatic rings. The highest BCUT2D eigenvalue weighted by Crippen LogP contribution is 2.49. The van der Waals surface area contributed by atoms with Crippen molar-refractivity contribution in [3.63, 3.8) is 0 Å². The summed E-state index contributed by atoms with van der Waals surface area (Å²) < 4.78 is 33.7. The van der Waals surface area contributed by atoms with Gasteiger partial charge < -0.3 is 13.3 Å². The topological polar surface area (TPSA) is 91.3 Å². The van der Waals surface area contributed by atoms with Gasteiger partial charge in [-0.15, -0.1) is 34.0 Å². The van der Waals surface area contributed by atoms with Gasteiger partial charge in [0.1, 0.15) is 50.4 Å². The van der Waals surface area contributed by atoms with E-state index in [9.17, 15) is 0 Å². The molecule has 27 aromatic rings. The summed E-state index contributed by atoms with van der Waals surface area (Å²) in [5.41, 5.74) is 18.4. The van der Waals surface area contributed by atoms with E-state index in [1.807, 2.05) is 58.3 Å². The molecule has 27 rings (SSSR count). The molecule has 0 amide bonds. The summed E-state index contributed by atoms with van der Waals surface area (Å²) in [7, 11) is 0. The zero-order chi connectivity index (χ0) is 68.0. The maximum absolute atomic E-state index is 6.30. The fourth-order valence-electron chi connectivity index (χ4n) is 17.5. The lowest BCUT2D eigenvalue weighted by Gasteiger charge is -2.11. The number of nitrogens with zero attached hydrogens (tertiary/aromatic N) is 6. The van der Waals surface area contributed by atoms with E-state index in [1.54, 1.807) is 0 Å². The van der Waals surface area contributed by atoms with Crippen LogP contribution in [-0.4, -0.2) is 28.2 Å². The van der Waals surface area contributed by atoms with E-state index in [1.165, 1.54) is 109 Å². The number of imidazole rings is 3. The lowest BCUT2D eigenvalue weighted by Crippen LogP contribution is -1.92. The van der Waals surface area contributed by atoms with Crippen LogP contribution in [0.25, 0.3) is 241 Å². The summed E-state index contributed by atoms with van der Waals surface area (Å²) in [6.07, 6.45) is 0. The fraction of sp³-hybridized carbons (Fsp3) is 0. The molecule has 9 nitrogen and oxygen atoms in total. The molecule has 0 N–H and O–H groups in total. The number of pyridine rings is 3. The molecule has 0 bridgehead atoms. The summed E-state index contributed by atoms with van der Waals surface area (Å²) in [6, 6.07) is 104. The Morgan fingerprint density at radius 1 is 0.190 bits per heavy atom. The van der Waals surface area contributed by atoms with Crippen LogP contribution in [0.5, 0.6) is 0 Å². The van der Waals surface area contributed by atoms with Crippen LogP contribution in [-0.2, 0) is 0 Å². The zero-order valence-corrected chi connectivity index (χ0v) is 57.8. The molecule has 105 heavy (non-hydrogen) atoms. The third kappa shape index (κ3) is 7.75. The Morgan fingerprint density at radius 3 is 1.07 bits per heavy atom. The Kier molecular flexibility index (Phi) is 11.1. The highest BCUT2D eigenvalue weighted by atomic mass is 32.1. The third-order valence-electron chi connectivity index (χ3n) is 22.0. The van der Waals surface area contributed by atoms with Crippen LogP contribution in [0.1, 0.15) is 0 Å². The number of furan rings is 3. The Hall–Kier alpha value is -13.2. The fourth-order valence-corrected chi connectivity index (χ4v) is 20.9. The van der Waals surface area contributed by atoms with Crippen molar-refractivity contribution in [3.05, 3.63) is 291 Å².